The van der Waals surface area contributed by atoms with E-state index in [0.29, 0.717) is 0 Å². The molecule has 2 N–H and O–H groups in total. The molecule has 180 valence electrons. The van der Waals surface area contributed by atoms with Gasteiger partial charge in [-0.1, -0.05) is 53.6 Å². The van der Waals surface area contributed by atoms with Gasteiger partial charge in [-0.2, -0.15) is 0 Å². The molecule has 1 aliphatic carbocycles. The first-order valence-corrected chi connectivity index (χ1v) is 11.2. The minimum absolute atomic E-state index is 0.0984. The molecule has 0 fully saturated rings. The third-order valence-corrected chi connectivity index (χ3v) is 5.47. The number of alkyl carbamates (subject to hydrolysis) is 1. The second-order valence-electron chi connectivity index (χ2n) is 9.20. The van der Waals surface area contributed by atoms with Crippen molar-refractivity contribution in [3.8, 4) is 11.1 Å². The molecular weight excluding hydrogens is 436 g/mol. The van der Waals surface area contributed by atoms with Crippen molar-refractivity contribution in [1.29, 1.82) is 0 Å². The number of aliphatic hydroxyl groups is 1. The van der Waals surface area contributed by atoms with Crippen molar-refractivity contribution in [1.82, 2.24) is 5.32 Å². The minimum Gasteiger partial charge on any atom is -0.458 e. The average molecular weight is 467 g/mol. The molecule has 0 saturated carbocycles. The molecule has 0 spiro atoms. The highest BCUT2D eigenvalue weighted by atomic mass is 16.6. The van der Waals surface area contributed by atoms with Crippen LogP contribution in [0.2, 0.25) is 0 Å². The summed E-state index contributed by atoms with van der Waals surface area (Å²) in [4.78, 5) is 27.9. The smallest absolute Gasteiger partial charge is 0.407 e. The van der Waals surface area contributed by atoms with E-state index in [4.69, 9.17) is 15.0 Å². The van der Waals surface area contributed by atoms with Gasteiger partial charge in [0.2, 0.25) is 0 Å². The van der Waals surface area contributed by atoms with Crippen molar-refractivity contribution in [2.75, 3.05) is 13.2 Å². The predicted molar refractivity (Wildman–Crippen MR) is 127 cm³/mol. The van der Waals surface area contributed by atoms with E-state index >= 15 is 0 Å². The van der Waals surface area contributed by atoms with Gasteiger partial charge in [0, 0.05) is 10.8 Å². The van der Waals surface area contributed by atoms with E-state index in [0.717, 1.165) is 22.3 Å². The number of carbonyl (C=O) groups excluding carboxylic acids is 2. The molecule has 0 heterocycles. The number of nitrogens with zero attached hydrogens (tertiary/aromatic N) is 3. The van der Waals surface area contributed by atoms with Gasteiger partial charge >= 0.3 is 12.1 Å². The Balaban J connectivity index is 1.65. The number of ether oxygens (including phenoxy) is 2. The highest BCUT2D eigenvalue weighted by molar-refractivity contribution is 5.82. The van der Waals surface area contributed by atoms with Crippen LogP contribution in [0.25, 0.3) is 21.6 Å². The lowest BCUT2D eigenvalue weighted by Crippen LogP contribution is -2.45. The summed E-state index contributed by atoms with van der Waals surface area (Å²) in [5.41, 5.74) is 12.1. The van der Waals surface area contributed by atoms with Crippen LogP contribution in [0.1, 0.15) is 50.7 Å². The Bertz CT molecular complexity index is 1030. The summed E-state index contributed by atoms with van der Waals surface area (Å²) in [5, 5.41) is 15.8. The second-order valence-corrected chi connectivity index (χ2v) is 9.20. The van der Waals surface area contributed by atoms with Crippen LogP contribution < -0.4 is 5.32 Å². The molecule has 2 atom stereocenters. The fourth-order valence-corrected chi connectivity index (χ4v) is 3.99. The van der Waals surface area contributed by atoms with E-state index in [1.165, 1.54) is 0 Å². The number of benzene rings is 2. The molecule has 2 aromatic carbocycles. The number of carbonyl (C=O) groups is 2. The molecule has 0 aromatic heterocycles. The van der Waals surface area contributed by atoms with Crippen molar-refractivity contribution in [2.45, 2.75) is 57.3 Å². The summed E-state index contributed by atoms with van der Waals surface area (Å²) in [7, 11) is 0. The highest BCUT2D eigenvalue weighted by Crippen LogP contribution is 2.44. The molecule has 0 radical (unpaired) electrons. The summed E-state index contributed by atoms with van der Waals surface area (Å²) in [6.07, 6.45) is -1.46. The van der Waals surface area contributed by atoms with Gasteiger partial charge in [0.25, 0.3) is 0 Å². The number of nitrogens with one attached hydrogen (secondary N) is 1. The van der Waals surface area contributed by atoms with E-state index in [1.807, 2.05) is 36.4 Å². The zero-order valence-corrected chi connectivity index (χ0v) is 19.6. The molecule has 2 aromatic rings. The molecule has 1 aliphatic rings. The number of hydrogen-bond donors (Lipinski definition) is 2. The van der Waals surface area contributed by atoms with Crippen molar-refractivity contribution in [3.63, 3.8) is 0 Å². The van der Waals surface area contributed by atoms with Crippen molar-refractivity contribution < 1.29 is 24.2 Å². The molecule has 9 nitrogen and oxygen atoms in total. The van der Waals surface area contributed by atoms with Crippen LogP contribution in [0.4, 0.5) is 4.79 Å². The first-order valence-electron chi connectivity index (χ1n) is 11.2. The first-order chi connectivity index (χ1) is 16.2. The normalized spacial score (nSPS) is 14.2. The van der Waals surface area contributed by atoms with Gasteiger partial charge in [-0.3, -0.25) is 0 Å². The topological polar surface area (TPSA) is 134 Å². The van der Waals surface area contributed by atoms with Gasteiger partial charge in [0.15, 0.2) is 0 Å². The molecule has 0 unspecified atom stereocenters. The van der Waals surface area contributed by atoms with Gasteiger partial charge in [0.1, 0.15) is 18.2 Å². The Kier molecular flexibility index (Phi) is 8.15. The Morgan fingerprint density at radius 1 is 1.09 bits per heavy atom. The number of rotatable bonds is 9. The maximum Gasteiger partial charge on any atom is 0.407 e. The first kappa shape index (κ1) is 25.1. The van der Waals surface area contributed by atoms with E-state index in [9.17, 15) is 14.7 Å². The van der Waals surface area contributed by atoms with Crippen molar-refractivity contribution >= 4 is 12.1 Å². The number of aliphatic hydroxyl groups excluding tert-OH is 1. The van der Waals surface area contributed by atoms with Crippen LogP contribution in [0.15, 0.2) is 53.6 Å². The Hall–Kier alpha value is -3.55. The van der Waals surface area contributed by atoms with E-state index in [-0.39, 0.29) is 31.9 Å². The molecule has 0 saturated heterocycles. The number of hydrogen-bond acceptors (Lipinski definition) is 6. The molecule has 34 heavy (non-hydrogen) atoms. The monoisotopic (exact) mass is 466 g/mol. The predicted octanol–water partition coefficient (Wildman–Crippen LogP) is 4.69. The number of fused-ring (bicyclic) bond motifs is 3. The van der Waals surface area contributed by atoms with Crippen LogP contribution in [-0.4, -0.2) is 48.1 Å². The van der Waals surface area contributed by atoms with Crippen LogP contribution in [0.3, 0.4) is 0 Å². The van der Waals surface area contributed by atoms with E-state index in [1.54, 1.807) is 20.8 Å². The lowest BCUT2D eigenvalue weighted by molar-refractivity contribution is -0.157. The SMILES string of the molecule is CC(C)(C)OC(=O)[C@H](CC[C@H](O)CN=[N+]=[N-])NC(=O)OCC1c2ccccc2-c2ccccc21. The van der Waals surface area contributed by atoms with Crippen LogP contribution >= 0.6 is 0 Å². The number of esters is 1. The minimum atomic E-state index is -1.02. The summed E-state index contributed by atoms with van der Waals surface area (Å²) in [5.74, 6) is -0.735. The molecule has 9 heteroatoms. The summed E-state index contributed by atoms with van der Waals surface area (Å²) in [6, 6.07) is 15.0. The van der Waals surface area contributed by atoms with Crippen LogP contribution in [-0.2, 0) is 14.3 Å². The van der Waals surface area contributed by atoms with Crippen molar-refractivity contribution in [2.24, 2.45) is 5.11 Å². The maximum absolute atomic E-state index is 12.7. The Morgan fingerprint density at radius 3 is 2.24 bits per heavy atom. The molecule has 0 bridgehead atoms. The third kappa shape index (κ3) is 6.50. The van der Waals surface area contributed by atoms with Crippen LogP contribution in [0, 0.1) is 0 Å². The lowest BCUT2D eigenvalue weighted by Gasteiger charge is -2.25. The van der Waals surface area contributed by atoms with Gasteiger partial charge < -0.3 is 19.9 Å². The lowest BCUT2D eigenvalue weighted by atomic mass is 9.98. The standard InChI is InChI=1S/C25H30N4O5/c1-25(2,3)34-23(31)22(13-12-16(30)14-27-29-26)28-24(32)33-15-21-19-10-6-4-8-17(19)18-9-5-7-11-20(18)21/h4-11,16,21-22,30H,12-15H2,1-3H3,(H,28,32)/t16-,22-/m0/s1. The maximum atomic E-state index is 12.7. The molecule has 1 amide bonds. The fraction of sp³-hybridized carbons (Fsp3) is 0.440. The Labute approximate surface area is 198 Å². The molecule has 0 aliphatic heterocycles. The quantitative estimate of drug-likeness (QED) is 0.239. The summed E-state index contributed by atoms with van der Waals surface area (Å²) >= 11 is 0. The van der Waals surface area contributed by atoms with Gasteiger partial charge in [-0.15, -0.1) is 0 Å². The highest BCUT2D eigenvalue weighted by Gasteiger charge is 2.31. The van der Waals surface area contributed by atoms with Crippen LogP contribution in [0.5, 0.6) is 0 Å². The van der Waals surface area contributed by atoms with E-state index in [2.05, 4.69) is 27.5 Å². The summed E-state index contributed by atoms with van der Waals surface area (Å²) in [6.45, 7) is 5.17. The molecular formula is C25H30N4O5. The Morgan fingerprint density at radius 2 is 1.68 bits per heavy atom. The summed E-state index contributed by atoms with van der Waals surface area (Å²) < 4.78 is 10.9. The van der Waals surface area contributed by atoms with Crippen molar-refractivity contribution in [3.05, 3.63) is 70.1 Å². The van der Waals surface area contributed by atoms with Gasteiger partial charge in [-0.25, -0.2) is 9.59 Å². The third-order valence-electron chi connectivity index (χ3n) is 5.47. The fourth-order valence-electron chi connectivity index (χ4n) is 3.99. The number of amides is 1. The zero-order chi connectivity index (χ0) is 24.7. The average Bonchev–Trinajstić information content (AvgIpc) is 3.11. The molecule has 3 rings (SSSR count). The second kappa shape index (κ2) is 11.0. The van der Waals surface area contributed by atoms with E-state index < -0.39 is 29.8 Å². The number of azide groups is 1. The van der Waals surface area contributed by atoms with Gasteiger partial charge in [0.05, 0.1) is 12.6 Å². The van der Waals surface area contributed by atoms with Gasteiger partial charge in [-0.05, 0) is 61.4 Å². The zero-order valence-electron chi connectivity index (χ0n) is 19.6. The largest absolute Gasteiger partial charge is 0.458 e.